The van der Waals surface area contributed by atoms with Gasteiger partial charge in [-0.2, -0.15) is 0 Å². The Morgan fingerprint density at radius 2 is 1.84 bits per heavy atom. The van der Waals surface area contributed by atoms with Crippen LogP contribution in [0.25, 0.3) is 0 Å². The molecule has 0 saturated carbocycles. The molecule has 0 radical (unpaired) electrons. The molecule has 0 atom stereocenters. The molecule has 0 unspecified atom stereocenters. The molecule has 1 heterocycles. The second-order valence-corrected chi connectivity index (χ2v) is 7.77. The Morgan fingerprint density at radius 3 is 2.32 bits per heavy atom. The van der Waals surface area contributed by atoms with E-state index >= 15 is 0 Å². The Bertz CT molecular complexity index is 672. The maximum atomic E-state index is 14.7. The van der Waals surface area contributed by atoms with Crippen LogP contribution < -0.4 is 0 Å². The zero-order valence-corrected chi connectivity index (χ0v) is 15.7. The van der Waals surface area contributed by atoms with Gasteiger partial charge in [-0.1, -0.05) is 26.0 Å². The fourth-order valence-corrected chi connectivity index (χ4v) is 3.17. The number of esters is 1. The third-order valence-corrected chi connectivity index (χ3v) is 4.30. The van der Waals surface area contributed by atoms with E-state index in [4.69, 9.17) is 9.47 Å². The number of likely N-dealkylation sites (tertiary alicyclic amines) is 1. The fourth-order valence-electron chi connectivity index (χ4n) is 3.17. The largest absolute Gasteiger partial charge is 0.468 e. The zero-order valence-electron chi connectivity index (χ0n) is 15.7. The molecule has 0 aromatic heterocycles. The van der Waals surface area contributed by atoms with Gasteiger partial charge in [0.05, 0.1) is 7.11 Å². The summed E-state index contributed by atoms with van der Waals surface area (Å²) in [6.07, 6.45) is -0.519. The van der Waals surface area contributed by atoms with E-state index in [1.807, 2.05) is 19.9 Å². The van der Waals surface area contributed by atoms with Crippen molar-refractivity contribution in [2.75, 3.05) is 20.2 Å². The molecule has 5 nitrogen and oxygen atoms in total. The molecule has 1 saturated heterocycles. The number of rotatable bonds is 3. The van der Waals surface area contributed by atoms with E-state index in [2.05, 4.69) is 0 Å². The minimum absolute atomic E-state index is 0.0304. The lowest BCUT2D eigenvalue weighted by atomic mass is 9.70. The van der Waals surface area contributed by atoms with Crippen molar-refractivity contribution in [2.45, 2.75) is 51.6 Å². The van der Waals surface area contributed by atoms with Gasteiger partial charge in [-0.25, -0.2) is 9.18 Å². The van der Waals surface area contributed by atoms with Gasteiger partial charge < -0.3 is 14.4 Å². The van der Waals surface area contributed by atoms with Crippen molar-refractivity contribution in [2.24, 2.45) is 0 Å². The van der Waals surface area contributed by atoms with Gasteiger partial charge in [-0.05, 0) is 38.3 Å². The van der Waals surface area contributed by atoms with Crippen LogP contribution in [0, 0.1) is 5.82 Å². The Morgan fingerprint density at radius 1 is 1.24 bits per heavy atom. The van der Waals surface area contributed by atoms with Crippen molar-refractivity contribution in [1.29, 1.82) is 0 Å². The number of hydrogen-bond donors (Lipinski definition) is 0. The average molecular weight is 351 g/mol. The number of nitrogens with zero attached hydrogens (tertiary/aromatic N) is 1. The number of halogens is 1. The van der Waals surface area contributed by atoms with Crippen LogP contribution in [0.2, 0.25) is 0 Å². The van der Waals surface area contributed by atoms with Crippen LogP contribution in [0.1, 0.15) is 51.7 Å². The van der Waals surface area contributed by atoms with Crippen molar-refractivity contribution >= 4 is 12.1 Å². The molecule has 0 bridgehead atoms. The van der Waals surface area contributed by atoms with E-state index in [1.165, 1.54) is 18.1 Å². The maximum Gasteiger partial charge on any atom is 0.410 e. The van der Waals surface area contributed by atoms with Gasteiger partial charge in [0.2, 0.25) is 0 Å². The summed E-state index contributed by atoms with van der Waals surface area (Å²) in [7, 11) is 1.27. The van der Waals surface area contributed by atoms with Crippen molar-refractivity contribution in [3.8, 4) is 0 Å². The highest BCUT2D eigenvalue weighted by Crippen LogP contribution is 2.41. The smallest absolute Gasteiger partial charge is 0.410 e. The second-order valence-electron chi connectivity index (χ2n) is 7.77. The third-order valence-electron chi connectivity index (χ3n) is 4.30. The van der Waals surface area contributed by atoms with Crippen molar-refractivity contribution in [3.63, 3.8) is 0 Å². The lowest BCUT2D eigenvalue weighted by Gasteiger charge is -2.48. The van der Waals surface area contributed by atoms with Crippen LogP contribution in [-0.2, 0) is 19.7 Å². The molecule has 2 rings (SSSR count). The highest BCUT2D eigenvalue weighted by Gasteiger charge is 2.56. The quantitative estimate of drug-likeness (QED) is 0.781. The van der Waals surface area contributed by atoms with Crippen LogP contribution in [0.3, 0.4) is 0 Å². The van der Waals surface area contributed by atoms with Crippen molar-refractivity contribution < 1.29 is 23.5 Å². The number of carbonyl (C=O) groups excluding carboxylic acids is 2. The molecular formula is C19H26FNO4. The number of methoxy groups -OCH3 is 1. The first-order valence-corrected chi connectivity index (χ1v) is 8.37. The maximum absolute atomic E-state index is 14.7. The molecule has 1 amide bonds. The predicted octanol–water partition coefficient (Wildman–Crippen LogP) is 3.61. The van der Waals surface area contributed by atoms with E-state index in [0.717, 1.165) is 5.56 Å². The van der Waals surface area contributed by atoms with Gasteiger partial charge in [0.25, 0.3) is 0 Å². The number of ether oxygens (including phenoxy) is 2. The summed E-state index contributed by atoms with van der Waals surface area (Å²) in [5.41, 5.74) is -0.774. The topological polar surface area (TPSA) is 55.8 Å². The summed E-state index contributed by atoms with van der Waals surface area (Å²) in [6, 6.07) is 4.77. The van der Waals surface area contributed by atoms with Gasteiger partial charge in [0.1, 0.15) is 16.8 Å². The number of benzene rings is 1. The van der Waals surface area contributed by atoms with Gasteiger partial charge in [-0.3, -0.25) is 4.79 Å². The number of amides is 1. The standard InChI is InChI=1S/C19H26FNO4/c1-12(2)13-8-7-9-14(20)15(13)19(16(22)24-6)10-21(11-19)17(23)25-18(3,4)5/h7-9,12H,10-11H2,1-6H3. The molecule has 0 spiro atoms. The second kappa shape index (κ2) is 6.65. The Hall–Kier alpha value is -2.11. The van der Waals surface area contributed by atoms with E-state index in [-0.39, 0.29) is 19.0 Å². The normalized spacial score (nSPS) is 16.4. The zero-order chi connectivity index (χ0) is 19.0. The Kier molecular flexibility index (Phi) is 5.11. The first kappa shape index (κ1) is 19.2. The SMILES string of the molecule is COC(=O)C1(c2c(F)cccc2C(C)C)CN(C(=O)OC(C)(C)C)C1. The Labute approximate surface area is 148 Å². The van der Waals surface area contributed by atoms with Crippen LogP contribution in [-0.4, -0.2) is 42.8 Å². The molecule has 1 aromatic rings. The van der Waals surface area contributed by atoms with Gasteiger partial charge >= 0.3 is 12.1 Å². The summed E-state index contributed by atoms with van der Waals surface area (Å²) >= 11 is 0. The molecule has 1 aromatic carbocycles. The van der Waals surface area contributed by atoms with E-state index in [1.54, 1.807) is 26.8 Å². The van der Waals surface area contributed by atoms with Gasteiger partial charge in [-0.15, -0.1) is 0 Å². The predicted molar refractivity (Wildman–Crippen MR) is 92.0 cm³/mol. The molecule has 6 heteroatoms. The minimum Gasteiger partial charge on any atom is -0.468 e. The molecular weight excluding hydrogens is 325 g/mol. The van der Waals surface area contributed by atoms with E-state index in [9.17, 15) is 14.0 Å². The molecule has 138 valence electrons. The first-order valence-electron chi connectivity index (χ1n) is 8.37. The van der Waals surface area contributed by atoms with Crippen LogP contribution in [0.4, 0.5) is 9.18 Å². The average Bonchev–Trinajstić information content (AvgIpc) is 2.44. The molecule has 25 heavy (non-hydrogen) atoms. The van der Waals surface area contributed by atoms with Gasteiger partial charge in [0, 0.05) is 18.7 Å². The molecule has 1 fully saturated rings. The van der Waals surface area contributed by atoms with Crippen LogP contribution >= 0.6 is 0 Å². The summed E-state index contributed by atoms with van der Waals surface area (Å²) in [6.45, 7) is 9.26. The van der Waals surface area contributed by atoms with E-state index in [0.29, 0.717) is 5.56 Å². The Balaban J connectivity index is 2.39. The highest BCUT2D eigenvalue weighted by atomic mass is 19.1. The van der Waals surface area contributed by atoms with E-state index < -0.39 is 28.9 Å². The summed E-state index contributed by atoms with van der Waals surface area (Å²) in [5, 5.41) is 0. The number of hydrogen-bond acceptors (Lipinski definition) is 4. The number of carbonyl (C=O) groups is 2. The van der Waals surface area contributed by atoms with Crippen LogP contribution in [0.15, 0.2) is 18.2 Å². The highest BCUT2D eigenvalue weighted by molar-refractivity contribution is 5.88. The fraction of sp³-hybridized carbons (Fsp3) is 0.579. The van der Waals surface area contributed by atoms with Crippen molar-refractivity contribution in [3.05, 3.63) is 35.1 Å². The third kappa shape index (κ3) is 3.62. The van der Waals surface area contributed by atoms with Crippen molar-refractivity contribution in [1.82, 2.24) is 4.90 Å². The van der Waals surface area contributed by atoms with Gasteiger partial charge in [0.15, 0.2) is 0 Å². The summed E-state index contributed by atoms with van der Waals surface area (Å²) in [4.78, 5) is 26.2. The summed E-state index contributed by atoms with van der Waals surface area (Å²) < 4.78 is 25.0. The van der Waals surface area contributed by atoms with Crippen LogP contribution in [0.5, 0.6) is 0 Å². The molecule has 0 N–H and O–H groups in total. The lowest BCUT2D eigenvalue weighted by molar-refractivity contribution is -0.154. The molecule has 1 aliphatic heterocycles. The molecule has 1 aliphatic rings. The first-order chi connectivity index (χ1) is 11.5. The summed E-state index contributed by atoms with van der Waals surface area (Å²) in [5.74, 6) is -0.970. The monoisotopic (exact) mass is 351 g/mol. The lowest BCUT2D eigenvalue weighted by Crippen LogP contribution is -2.66. The molecule has 0 aliphatic carbocycles. The minimum atomic E-state index is -1.20.